The van der Waals surface area contributed by atoms with Gasteiger partial charge in [0.15, 0.2) is 0 Å². The molecule has 0 fully saturated rings. The fraction of sp³-hybridized carbons (Fsp3) is 0.0526. The lowest BCUT2D eigenvalue weighted by Crippen LogP contribution is -2.23. The molecule has 0 atom stereocenters. The molecule has 4 aromatic rings. The molecule has 3 heterocycles. The minimum Gasteiger partial charge on any atom is -0.467 e. The van der Waals surface area contributed by atoms with Crippen LogP contribution in [0.3, 0.4) is 0 Å². The quantitative estimate of drug-likeness (QED) is 0.576. The maximum Gasteiger partial charge on any atom is 0.254 e. The Morgan fingerprint density at radius 3 is 2.65 bits per heavy atom. The minimum absolute atomic E-state index is 0.264. The summed E-state index contributed by atoms with van der Waals surface area (Å²) < 4.78 is 5.18. The molecule has 0 radical (unpaired) electrons. The van der Waals surface area contributed by atoms with E-state index < -0.39 is 0 Å². The number of pyridine rings is 1. The molecule has 0 spiro atoms. The smallest absolute Gasteiger partial charge is 0.254 e. The van der Waals surface area contributed by atoms with Crippen molar-refractivity contribution >= 4 is 28.4 Å². The average Bonchev–Trinajstić information content (AvgIpc) is 3.21. The van der Waals surface area contributed by atoms with Gasteiger partial charge in [-0.2, -0.15) is 0 Å². The van der Waals surface area contributed by atoms with Crippen molar-refractivity contribution in [1.82, 2.24) is 20.3 Å². The Bertz CT molecular complexity index is 1020. The second kappa shape index (κ2) is 7.02. The molecule has 7 nitrogen and oxygen atoms in total. The monoisotopic (exact) mass is 345 g/mol. The number of benzene rings is 1. The van der Waals surface area contributed by atoms with E-state index in [1.165, 1.54) is 12.4 Å². The SMILES string of the molecule is O=C(NCc1ccco1)c1cnc(Nc2cccc3cccnc23)nc1. The van der Waals surface area contributed by atoms with Crippen molar-refractivity contribution in [3.8, 4) is 0 Å². The van der Waals surface area contributed by atoms with Gasteiger partial charge in [-0.25, -0.2) is 9.97 Å². The third-order valence-electron chi connectivity index (χ3n) is 3.80. The maximum absolute atomic E-state index is 12.1. The number of anilines is 2. The van der Waals surface area contributed by atoms with Crippen LogP contribution in [-0.2, 0) is 6.54 Å². The highest BCUT2D eigenvalue weighted by Gasteiger charge is 2.09. The summed E-state index contributed by atoms with van der Waals surface area (Å²) in [6.07, 6.45) is 6.25. The van der Waals surface area contributed by atoms with Crippen LogP contribution in [-0.4, -0.2) is 20.9 Å². The van der Waals surface area contributed by atoms with E-state index in [0.717, 1.165) is 16.6 Å². The molecule has 0 aliphatic carbocycles. The van der Waals surface area contributed by atoms with Crippen LogP contribution in [0.2, 0.25) is 0 Å². The number of amides is 1. The van der Waals surface area contributed by atoms with E-state index in [1.807, 2.05) is 30.3 Å². The molecule has 0 aliphatic heterocycles. The second-order valence-electron chi connectivity index (χ2n) is 5.56. The van der Waals surface area contributed by atoms with Gasteiger partial charge in [0.25, 0.3) is 5.91 Å². The van der Waals surface area contributed by atoms with Crippen molar-refractivity contribution in [3.63, 3.8) is 0 Å². The lowest BCUT2D eigenvalue weighted by atomic mass is 10.2. The third kappa shape index (κ3) is 3.36. The summed E-state index contributed by atoms with van der Waals surface area (Å²) in [6, 6.07) is 13.3. The van der Waals surface area contributed by atoms with Gasteiger partial charge in [-0.1, -0.05) is 18.2 Å². The van der Waals surface area contributed by atoms with Gasteiger partial charge in [0.05, 0.1) is 29.6 Å². The van der Waals surface area contributed by atoms with Crippen LogP contribution in [0.25, 0.3) is 10.9 Å². The standard InChI is InChI=1S/C19H15N5O2/c25-18(21-12-15-6-3-9-26-15)14-10-22-19(23-11-14)24-16-7-1-4-13-5-2-8-20-17(13)16/h1-11H,12H2,(H,21,25)(H,22,23,24). The molecule has 3 aromatic heterocycles. The number of rotatable bonds is 5. The molecule has 26 heavy (non-hydrogen) atoms. The van der Waals surface area contributed by atoms with Crippen molar-refractivity contribution in [2.45, 2.75) is 6.54 Å². The number of para-hydroxylation sites is 1. The molecular weight excluding hydrogens is 330 g/mol. The normalized spacial score (nSPS) is 10.6. The van der Waals surface area contributed by atoms with E-state index in [0.29, 0.717) is 23.8 Å². The van der Waals surface area contributed by atoms with Crippen LogP contribution < -0.4 is 10.6 Å². The summed E-state index contributed by atoms with van der Waals surface area (Å²) in [5, 5.41) is 6.91. The zero-order valence-electron chi connectivity index (χ0n) is 13.7. The Morgan fingerprint density at radius 2 is 1.85 bits per heavy atom. The first-order chi connectivity index (χ1) is 12.8. The number of carbonyl (C=O) groups excluding carboxylic acids is 1. The van der Waals surface area contributed by atoms with E-state index in [-0.39, 0.29) is 5.91 Å². The van der Waals surface area contributed by atoms with Gasteiger partial charge in [0.1, 0.15) is 5.76 Å². The van der Waals surface area contributed by atoms with Crippen LogP contribution in [0.5, 0.6) is 0 Å². The zero-order valence-corrected chi connectivity index (χ0v) is 13.7. The number of hydrogen-bond donors (Lipinski definition) is 2. The van der Waals surface area contributed by atoms with Gasteiger partial charge in [0.2, 0.25) is 5.95 Å². The molecule has 0 unspecified atom stereocenters. The molecular formula is C19H15N5O2. The number of furan rings is 1. The molecule has 1 amide bonds. The first-order valence-electron chi connectivity index (χ1n) is 8.03. The fourth-order valence-electron chi connectivity index (χ4n) is 2.52. The van der Waals surface area contributed by atoms with Crippen molar-refractivity contribution < 1.29 is 9.21 Å². The molecule has 1 aromatic carbocycles. The molecule has 128 valence electrons. The first-order valence-corrected chi connectivity index (χ1v) is 8.03. The van der Waals surface area contributed by atoms with Crippen LogP contribution >= 0.6 is 0 Å². The molecule has 0 saturated heterocycles. The topological polar surface area (TPSA) is 92.9 Å². The van der Waals surface area contributed by atoms with Crippen molar-refractivity contribution in [2.24, 2.45) is 0 Å². The van der Waals surface area contributed by atoms with E-state index in [2.05, 4.69) is 25.6 Å². The Morgan fingerprint density at radius 1 is 1.00 bits per heavy atom. The van der Waals surface area contributed by atoms with E-state index >= 15 is 0 Å². The number of fused-ring (bicyclic) bond motifs is 1. The lowest BCUT2D eigenvalue weighted by Gasteiger charge is -2.08. The zero-order chi connectivity index (χ0) is 17.8. The van der Waals surface area contributed by atoms with Crippen LogP contribution in [0, 0.1) is 0 Å². The Balaban J connectivity index is 1.46. The highest BCUT2D eigenvalue weighted by molar-refractivity contribution is 5.94. The van der Waals surface area contributed by atoms with Crippen molar-refractivity contribution in [3.05, 3.63) is 78.6 Å². The molecule has 2 N–H and O–H groups in total. The van der Waals surface area contributed by atoms with E-state index in [1.54, 1.807) is 24.6 Å². The number of nitrogens with zero attached hydrogens (tertiary/aromatic N) is 3. The van der Waals surface area contributed by atoms with Gasteiger partial charge in [-0.15, -0.1) is 0 Å². The van der Waals surface area contributed by atoms with Crippen molar-refractivity contribution in [1.29, 1.82) is 0 Å². The maximum atomic E-state index is 12.1. The Hall–Kier alpha value is -3.74. The molecule has 4 rings (SSSR count). The van der Waals surface area contributed by atoms with E-state index in [9.17, 15) is 4.79 Å². The van der Waals surface area contributed by atoms with Gasteiger partial charge >= 0.3 is 0 Å². The average molecular weight is 345 g/mol. The van der Waals surface area contributed by atoms with Gasteiger partial charge < -0.3 is 15.1 Å². The molecule has 0 bridgehead atoms. The summed E-state index contributed by atoms with van der Waals surface area (Å²) in [5.41, 5.74) is 2.01. The third-order valence-corrected chi connectivity index (χ3v) is 3.80. The molecule has 7 heteroatoms. The van der Waals surface area contributed by atoms with Crippen LogP contribution in [0.15, 0.2) is 71.7 Å². The Labute approximate surface area is 149 Å². The van der Waals surface area contributed by atoms with Crippen LogP contribution in [0.4, 0.5) is 11.6 Å². The highest BCUT2D eigenvalue weighted by Crippen LogP contribution is 2.22. The fourth-order valence-corrected chi connectivity index (χ4v) is 2.52. The number of aromatic nitrogens is 3. The summed E-state index contributed by atoms with van der Waals surface area (Å²) in [5.74, 6) is 0.812. The summed E-state index contributed by atoms with van der Waals surface area (Å²) >= 11 is 0. The summed E-state index contributed by atoms with van der Waals surface area (Å²) in [4.78, 5) is 24.9. The Kier molecular flexibility index (Phi) is 4.26. The minimum atomic E-state index is -0.264. The lowest BCUT2D eigenvalue weighted by molar-refractivity contribution is 0.0947. The van der Waals surface area contributed by atoms with Gasteiger partial charge in [-0.05, 0) is 24.3 Å². The van der Waals surface area contributed by atoms with Crippen LogP contribution in [0.1, 0.15) is 16.1 Å². The predicted molar refractivity (Wildman–Crippen MR) is 96.9 cm³/mol. The molecule has 0 saturated carbocycles. The van der Waals surface area contributed by atoms with Crippen molar-refractivity contribution in [2.75, 3.05) is 5.32 Å². The predicted octanol–water partition coefficient (Wildman–Crippen LogP) is 3.29. The number of nitrogens with one attached hydrogen (secondary N) is 2. The highest BCUT2D eigenvalue weighted by atomic mass is 16.3. The summed E-state index contributed by atoms with van der Waals surface area (Å²) in [7, 11) is 0. The van der Waals surface area contributed by atoms with Gasteiger partial charge in [-0.3, -0.25) is 9.78 Å². The van der Waals surface area contributed by atoms with Gasteiger partial charge in [0, 0.05) is 24.0 Å². The largest absolute Gasteiger partial charge is 0.467 e. The van der Waals surface area contributed by atoms with E-state index in [4.69, 9.17) is 4.42 Å². The second-order valence-corrected chi connectivity index (χ2v) is 5.56. The number of hydrogen-bond acceptors (Lipinski definition) is 6. The summed E-state index contributed by atoms with van der Waals surface area (Å²) in [6.45, 7) is 0.313. The molecule has 0 aliphatic rings. The first kappa shape index (κ1) is 15.8. The number of carbonyl (C=O) groups is 1.